The van der Waals surface area contributed by atoms with Gasteiger partial charge in [0.25, 0.3) is 0 Å². The molecule has 0 spiro atoms. The molecule has 1 aliphatic heterocycles. The van der Waals surface area contributed by atoms with E-state index in [-0.39, 0.29) is 24.0 Å². The van der Waals surface area contributed by atoms with Crippen LogP contribution in [0.25, 0.3) is 5.69 Å². The van der Waals surface area contributed by atoms with Gasteiger partial charge >= 0.3 is 0 Å². The summed E-state index contributed by atoms with van der Waals surface area (Å²) in [5.41, 5.74) is 2.25. The van der Waals surface area contributed by atoms with Gasteiger partial charge in [-0.3, -0.25) is 4.99 Å². The van der Waals surface area contributed by atoms with Crippen molar-refractivity contribution in [3.63, 3.8) is 0 Å². The molecule has 1 aromatic heterocycles. The summed E-state index contributed by atoms with van der Waals surface area (Å²) in [6, 6.07) is 10.2. The first-order chi connectivity index (χ1) is 11.3. The number of ether oxygens (including phenoxy) is 1. The molecule has 1 aromatic carbocycles. The zero-order valence-electron chi connectivity index (χ0n) is 13.8. The van der Waals surface area contributed by atoms with Crippen molar-refractivity contribution in [2.24, 2.45) is 4.99 Å². The van der Waals surface area contributed by atoms with Crippen molar-refractivity contribution in [1.29, 1.82) is 0 Å². The number of hydrogen-bond acceptors (Lipinski definition) is 3. The van der Waals surface area contributed by atoms with Crippen LogP contribution in [0.3, 0.4) is 0 Å². The molecule has 1 aliphatic rings. The summed E-state index contributed by atoms with van der Waals surface area (Å²) >= 11 is 0. The summed E-state index contributed by atoms with van der Waals surface area (Å²) < 4.78 is 7.45. The lowest BCUT2D eigenvalue weighted by atomic mass is 10.2. The molecular formula is C17H24IN5O. The van der Waals surface area contributed by atoms with Crippen LogP contribution >= 0.6 is 24.0 Å². The molecule has 0 bridgehead atoms. The largest absolute Gasteiger partial charge is 0.376 e. The fourth-order valence-electron chi connectivity index (χ4n) is 2.61. The summed E-state index contributed by atoms with van der Waals surface area (Å²) in [5.74, 6) is 0.802. The fraction of sp³-hybridized carbons (Fsp3) is 0.412. The van der Waals surface area contributed by atoms with Crippen molar-refractivity contribution in [2.75, 3.05) is 20.2 Å². The second-order valence-electron chi connectivity index (χ2n) is 5.56. The quantitative estimate of drug-likeness (QED) is 0.425. The molecule has 24 heavy (non-hydrogen) atoms. The Kier molecular flexibility index (Phi) is 7.51. The minimum Gasteiger partial charge on any atom is -0.376 e. The first-order valence-corrected chi connectivity index (χ1v) is 8.00. The molecule has 0 saturated carbocycles. The van der Waals surface area contributed by atoms with E-state index >= 15 is 0 Å². The van der Waals surface area contributed by atoms with E-state index in [1.807, 2.05) is 16.9 Å². The summed E-state index contributed by atoms with van der Waals surface area (Å²) in [6.45, 7) is 2.41. The Morgan fingerprint density at radius 2 is 2.17 bits per heavy atom. The van der Waals surface area contributed by atoms with Gasteiger partial charge in [-0.15, -0.1) is 24.0 Å². The molecular weight excluding hydrogens is 417 g/mol. The van der Waals surface area contributed by atoms with E-state index < -0.39 is 0 Å². The molecule has 3 rings (SSSR count). The molecule has 130 valence electrons. The Labute approximate surface area is 159 Å². The molecule has 6 nitrogen and oxygen atoms in total. The Balaban J connectivity index is 0.00000208. The van der Waals surface area contributed by atoms with Crippen molar-refractivity contribution in [3.05, 3.63) is 48.3 Å². The smallest absolute Gasteiger partial charge is 0.191 e. The molecule has 2 heterocycles. The number of hydrogen-bond donors (Lipinski definition) is 2. The molecule has 7 heteroatoms. The average molecular weight is 441 g/mol. The van der Waals surface area contributed by atoms with Gasteiger partial charge in [0, 0.05) is 39.1 Å². The predicted octanol–water partition coefficient (Wildman–Crippen LogP) is 2.33. The van der Waals surface area contributed by atoms with Crippen LogP contribution < -0.4 is 10.6 Å². The number of rotatable bonds is 5. The lowest BCUT2D eigenvalue weighted by Gasteiger charge is -2.15. The zero-order valence-corrected chi connectivity index (χ0v) is 16.1. The van der Waals surface area contributed by atoms with Crippen molar-refractivity contribution in [2.45, 2.75) is 25.5 Å². The third-order valence-corrected chi connectivity index (χ3v) is 3.91. The molecule has 1 saturated heterocycles. The summed E-state index contributed by atoms with van der Waals surface area (Å²) in [4.78, 5) is 4.25. The van der Waals surface area contributed by atoms with Gasteiger partial charge in [-0.05, 0) is 36.6 Å². The maximum atomic E-state index is 5.61. The number of nitrogens with zero attached hydrogens (tertiary/aromatic N) is 3. The van der Waals surface area contributed by atoms with Crippen LogP contribution in [0.15, 0.2) is 47.7 Å². The van der Waals surface area contributed by atoms with Crippen LogP contribution in [0.4, 0.5) is 0 Å². The normalized spacial score (nSPS) is 17.4. The predicted molar refractivity (Wildman–Crippen MR) is 106 cm³/mol. The van der Waals surface area contributed by atoms with Gasteiger partial charge in [-0.2, -0.15) is 5.10 Å². The van der Waals surface area contributed by atoms with E-state index in [0.29, 0.717) is 6.10 Å². The van der Waals surface area contributed by atoms with Crippen molar-refractivity contribution in [1.82, 2.24) is 20.4 Å². The number of guanidine groups is 1. The molecule has 1 atom stereocenters. The third-order valence-electron chi connectivity index (χ3n) is 3.91. The summed E-state index contributed by atoms with van der Waals surface area (Å²) in [5, 5.41) is 10.9. The number of benzene rings is 1. The molecule has 1 unspecified atom stereocenters. The number of nitrogens with one attached hydrogen (secondary N) is 2. The zero-order chi connectivity index (χ0) is 15.9. The van der Waals surface area contributed by atoms with Gasteiger partial charge in [0.15, 0.2) is 5.96 Å². The van der Waals surface area contributed by atoms with E-state index in [0.717, 1.165) is 44.2 Å². The van der Waals surface area contributed by atoms with Crippen molar-refractivity contribution >= 4 is 29.9 Å². The van der Waals surface area contributed by atoms with Gasteiger partial charge in [0.05, 0.1) is 11.8 Å². The lowest BCUT2D eigenvalue weighted by molar-refractivity contribution is 0.114. The van der Waals surface area contributed by atoms with Gasteiger partial charge in [-0.1, -0.05) is 12.1 Å². The summed E-state index contributed by atoms with van der Waals surface area (Å²) in [6.07, 6.45) is 6.30. The Morgan fingerprint density at radius 1 is 1.33 bits per heavy atom. The van der Waals surface area contributed by atoms with Gasteiger partial charge in [-0.25, -0.2) is 4.68 Å². The number of halogens is 1. The van der Waals surface area contributed by atoms with Crippen LogP contribution in [0, 0.1) is 0 Å². The van der Waals surface area contributed by atoms with Gasteiger partial charge in [0.2, 0.25) is 0 Å². The highest BCUT2D eigenvalue weighted by atomic mass is 127. The van der Waals surface area contributed by atoms with Crippen LogP contribution in [0.5, 0.6) is 0 Å². The Morgan fingerprint density at radius 3 is 2.79 bits per heavy atom. The van der Waals surface area contributed by atoms with E-state index in [2.05, 4.69) is 45.0 Å². The molecule has 0 amide bonds. The minimum atomic E-state index is 0. The van der Waals surface area contributed by atoms with E-state index in [1.54, 1.807) is 13.2 Å². The SMILES string of the molecule is CN=C(NCc1ccc(-n2cccn2)cc1)NCC1CCCO1.I. The summed E-state index contributed by atoms with van der Waals surface area (Å²) in [7, 11) is 1.78. The number of aromatic nitrogens is 2. The van der Waals surface area contributed by atoms with Gasteiger partial charge < -0.3 is 15.4 Å². The fourth-order valence-corrected chi connectivity index (χ4v) is 2.61. The Hall–Kier alpha value is -1.61. The van der Waals surface area contributed by atoms with Crippen molar-refractivity contribution < 1.29 is 4.74 Å². The molecule has 2 aromatic rings. The topological polar surface area (TPSA) is 63.5 Å². The highest BCUT2D eigenvalue weighted by Crippen LogP contribution is 2.10. The average Bonchev–Trinajstić information content (AvgIpc) is 3.29. The van der Waals surface area contributed by atoms with E-state index in [9.17, 15) is 0 Å². The monoisotopic (exact) mass is 441 g/mol. The molecule has 0 aliphatic carbocycles. The lowest BCUT2D eigenvalue weighted by Crippen LogP contribution is -2.40. The van der Waals surface area contributed by atoms with Crippen LogP contribution in [0.1, 0.15) is 18.4 Å². The standard InChI is InChI=1S/C17H23N5O.HI/c1-18-17(20-13-16-4-2-11-23-16)19-12-14-5-7-15(8-6-14)22-10-3-9-21-22;/h3,5-10,16H,2,4,11-13H2,1H3,(H2,18,19,20);1H. The van der Waals surface area contributed by atoms with Crippen LogP contribution in [-0.4, -0.2) is 42.0 Å². The molecule has 0 radical (unpaired) electrons. The van der Waals surface area contributed by atoms with Crippen molar-refractivity contribution in [3.8, 4) is 5.69 Å². The first kappa shape index (κ1) is 18.7. The molecule has 1 fully saturated rings. The van der Waals surface area contributed by atoms with Crippen LogP contribution in [-0.2, 0) is 11.3 Å². The highest BCUT2D eigenvalue weighted by Gasteiger charge is 2.15. The Bertz CT molecular complexity index is 621. The van der Waals surface area contributed by atoms with Gasteiger partial charge in [0.1, 0.15) is 0 Å². The first-order valence-electron chi connectivity index (χ1n) is 8.00. The number of aliphatic imine (C=N–C) groups is 1. The maximum Gasteiger partial charge on any atom is 0.191 e. The second-order valence-corrected chi connectivity index (χ2v) is 5.56. The third kappa shape index (κ3) is 5.20. The van der Waals surface area contributed by atoms with Crippen LogP contribution in [0.2, 0.25) is 0 Å². The van der Waals surface area contributed by atoms with E-state index in [1.165, 1.54) is 5.56 Å². The minimum absolute atomic E-state index is 0. The second kappa shape index (κ2) is 9.63. The molecule has 2 N–H and O–H groups in total. The highest BCUT2D eigenvalue weighted by molar-refractivity contribution is 14.0. The van der Waals surface area contributed by atoms with E-state index in [4.69, 9.17) is 4.74 Å². The maximum absolute atomic E-state index is 5.61.